The minimum absolute atomic E-state index is 0.108. The number of nitrogens with one attached hydrogen (secondary N) is 1. The first-order chi connectivity index (χ1) is 15.0. The van der Waals surface area contributed by atoms with Gasteiger partial charge in [-0.15, -0.1) is 11.3 Å². The lowest BCUT2D eigenvalue weighted by atomic mass is 10.2. The van der Waals surface area contributed by atoms with Crippen molar-refractivity contribution in [1.82, 2.24) is 10.3 Å². The number of amides is 1. The van der Waals surface area contributed by atoms with Crippen LogP contribution in [-0.2, 0) is 23.0 Å². The van der Waals surface area contributed by atoms with Crippen LogP contribution < -0.4 is 9.62 Å². The van der Waals surface area contributed by atoms with Crippen molar-refractivity contribution in [2.75, 3.05) is 10.8 Å². The molecule has 1 aromatic heterocycles. The van der Waals surface area contributed by atoms with E-state index < -0.39 is 10.0 Å². The van der Waals surface area contributed by atoms with Gasteiger partial charge in [0.2, 0.25) is 0 Å². The van der Waals surface area contributed by atoms with Crippen molar-refractivity contribution in [3.05, 3.63) is 88.9 Å². The van der Waals surface area contributed by atoms with Gasteiger partial charge in [-0.05, 0) is 48.4 Å². The highest BCUT2D eigenvalue weighted by Gasteiger charge is 2.30. The van der Waals surface area contributed by atoms with Gasteiger partial charge in [-0.2, -0.15) is 0 Å². The molecule has 156 valence electrons. The van der Waals surface area contributed by atoms with Crippen LogP contribution in [-0.4, -0.2) is 25.9 Å². The zero-order valence-electron chi connectivity index (χ0n) is 16.5. The fourth-order valence-electron chi connectivity index (χ4n) is 3.74. The molecule has 8 heteroatoms. The van der Waals surface area contributed by atoms with Crippen molar-refractivity contribution in [3.8, 4) is 0 Å². The van der Waals surface area contributed by atoms with E-state index >= 15 is 0 Å². The highest BCUT2D eigenvalue weighted by molar-refractivity contribution is 7.92. The average Bonchev–Trinajstić information content (AvgIpc) is 3.41. The van der Waals surface area contributed by atoms with Gasteiger partial charge in [0.15, 0.2) is 0 Å². The summed E-state index contributed by atoms with van der Waals surface area (Å²) in [7, 11) is -3.75. The molecule has 0 fully saturated rings. The molecule has 0 atom stereocenters. The molecule has 0 saturated heterocycles. The maximum atomic E-state index is 13.2. The third kappa shape index (κ3) is 3.68. The monoisotopic (exact) mass is 449 g/mol. The smallest absolute Gasteiger partial charge is 0.264 e. The van der Waals surface area contributed by atoms with Crippen LogP contribution in [0, 0.1) is 0 Å². The highest BCUT2D eigenvalue weighted by Crippen LogP contribution is 2.32. The van der Waals surface area contributed by atoms with Crippen LogP contribution in [0.25, 0.3) is 10.2 Å². The Balaban J connectivity index is 1.35. The average molecular weight is 450 g/mol. The minimum Gasteiger partial charge on any atom is -0.346 e. The van der Waals surface area contributed by atoms with Crippen molar-refractivity contribution < 1.29 is 13.2 Å². The molecule has 0 bridgehead atoms. The first-order valence-electron chi connectivity index (χ1n) is 9.86. The number of anilines is 1. The van der Waals surface area contributed by atoms with E-state index in [-0.39, 0.29) is 17.3 Å². The predicted molar refractivity (Wildman–Crippen MR) is 122 cm³/mol. The van der Waals surface area contributed by atoms with Crippen molar-refractivity contribution in [2.45, 2.75) is 17.9 Å². The molecule has 0 aliphatic carbocycles. The molecule has 5 rings (SSSR count). The van der Waals surface area contributed by atoms with Crippen molar-refractivity contribution in [2.24, 2.45) is 0 Å². The molecule has 1 aliphatic heterocycles. The lowest BCUT2D eigenvalue weighted by Gasteiger charge is -2.20. The summed E-state index contributed by atoms with van der Waals surface area (Å²) in [6.45, 7) is 0.685. The third-order valence-electron chi connectivity index (χ3n) is 5.27. The van der Waals surface area contributed by atoms with Crippen LogP contribution in [0.2, 0.25) is 0 Å². The normalized spacial score (nSPS) is 13.4. The topological polar surface area (TPSA) is 79.4 Å². The van der Waals surface area contributed by atoms with Gasteiger partial charge < -0.3 is 5.32 Å². The Morgan fingerprint density at radius 1 is 1.03 bits per heavy atom. The number of sulfonamides is 1. The molecular weight excluding hydrogens is 430 g/mol. The number of rotatable bonds is 5. The van der Waals surface area contributed by atoms with Crippen molar-refractivity contribution in [3.63, 3.8) is 0 Å². The molecule has 0 unspecified atom stereocenters. The van der Waals surface area contributed by atoms with E-state index in [1.807, 2.05) is 48.5 Å². The molecule has 3 aromatic carbocycles. The van der Waals surface area contributed by atoms with E-state index in [9.17, 15) is 13.2 Å². The second-order valence-corrected chi connectivity index (χ2v) is 10.2. The molecule has 1 amide bonds. The number of aromatic nitrogens is 1. The van der Waals surface area contributed by atoms with Crippen LogP contribution in [0.15, 0.2) is 77.7 Å². The highest BCUT2D eigenvalue weighted by atomic mass is 32.2. The van der Waals surface area contributed by atoms with Gasteiger partial charge in [-0.1, -0.05) is 36.4 Å². The summed E-state index contributed by atoms with van der Waals surface area (Å²) in [5.74, 6) is -0.335. The fraction of sp³-hybridized carbons (Fsp3) is 0.130. The number of hydrogen-bond donors (Lipinski definition) is 1. The zero-order valence-corrected chi connectivity index (χ0v) is 18.1. The summed E-state index contributed by atoms with van der Waals surface area (Å²) < 4.78 is 29.0. The number of carbonyl (C=O) groups excluding carboxylic acids is 1. The lowest BCUT2D eigenvalue weighted by Crippen LogP contribution is -2.29. The van der Waals surface area contributed by atoms with Crippen LogP contribution in [0.1, 0.15) is 20.9 Å². The van der Waals surface area contributed by atoms with Gasteiger partial charge in [-0.3, -0.25) is 9.10 Å². The quantitative estimate of drug-likeness (QED) is 0.500. The van der Waals surface area contributed by atoms with E-state index in [0.29, 0.717) is 24.2 Å². The Hall–Kier alpha value is -3.23. The lowest BCUT2D eigenvalue weighted by molar-refractivity contribution is 0.0950. The molecule has 4 aromatic rings. The molecular formula is C23H19N3O3S2. The van der Waals surface area contributed by atoms with Crippen molar-refractivity contribution >= 4 is 43.2 Å². The Morgan fingerprint density at radius 3 is 2.71 bits per heavy atom. The molecule has 0 spiro atoms. The molecule has 6 nitrogen and oxygen atoms in total. The molecule has 1 N–H and O–H groups in total. The second-order valence-electron chi connectivity index (χ2n) is 7.24. The Labute approximate surface area is 184 Å². The number of benzene rings is 3. The Bertz CT molecular complexity index is 1360. The minimum atomic E-state index is -3.75. The summed E-state index contributed by atoms with van der Waals surface area (Å²) in [5.41, 5.74) is 2.91. The van der Waals surface area contributed by atoms with E-state index in [0.717, 1.165) is 20.8 Å². The van der Waals surface area contributed by atoms with E-state index in [1.165, 1.54) is 27.8 Å². The van der Waals surface area contributed by atoms with Gasteiger partial charge in [-0.25, -0.2) is 13.4 Å². The van der Waals surface area contributed by atoms with Crippen LogP contribution in [0.5, 0.6) is 0 Å². The summed E-state index contributed by atoms with van der Waals surface area (Å²) in [6, 6.07) is 21.5. The van der Waals surface area contributed by atoms with E-state index in [1.54, 1.807) is 12.1 Å². The summed E-state index contributed by atoms with van der Waals surface area (Å²) >= 11 is 1.52. The number of nitrogens with zero attached hydrogens (tertiary/aromatic N) is 2. The van der Waals surface area contributed by atoms with Crippen LogP contribution in [0.4, 0.5) is 5.69 Å². The molecule has 2 heterocycles. The first kappa shape index (κ1) is 19.7. The Kier molecular flexibility index (Phi) is 4.95. The summed E-state index contributed by atoms with van der Waals surface area (Å²) in [4.78, 5) is 17.3. The van der Waals surface area contributed by atoms with Crippen molar-refractivity contribution in [1.29, 1.82) is 0 Å². The maximum absolute atomic E-state index is 13.2. The second kappa shape index (κ2) is 7.79. The summed E-state index contributed by atoms with van der Waals surface area (Å²) in [6.07, 6.45) is 0.678. The van der Waals surface area contributed by atoms with Gasteiger partial charge >= 0.3 is 0 Å². The van der Waals surface area contributed by atoms with Gasteiger partial charge in [0, 0.05) is 12.1 Å². The summed E-state index contributed by atoms with van der Waals surface area (Å²) in [5, 5.41) is 3.64. The largest absolute Gasteiger partial charge is 0.346 e. The maximum Gasteiger partial charge on any atom is 0.264 e. The molecule has 1 aliphatic rings. The van der Waals surface area contributed by atoms with Crippen LogP contribution >= 0.6 is 11.3 Å². The predicted octanol–water partition coefficient (Wildman–Crippen LogP) is 3.98. The SMILES string of the molecule is O=C(NCc1nc2ccccc2s1)c1cccc(S(=O)(=O)N2CCc3ccccc32)c1. The van der Waals surface area contributed by atoms with Gasteiger partial charge in [0.05, 0.1) is 27.3 Å². The van der Waals surface area contributed by atoms with Gasteiger partial charge in [0.25, 0.3) is 15.9 Å². The number of hydrogen-bond acceptors (Lipinski definition) is 5. The number of carbonyl (C=O) groups is 1. The molecule has 0 radical (unpaired) electrons. The van der Waals surface area contributed by atoms with E-state index in [2.05, 4.69) is 10.3 Å². The molecule has 0 saturated carbocycles. The first-order valence-corrected chi connectivity index (χ1v) is 12.1. The van der Waals surface area contributed by atoms with Gasteiger partial charge in [0.1, 0.15) is 5.01 Å². The van der Waals surface area contributed by atoms with E-state index in [4.69, 9.17) is 0 Å². The number of thiazole rings is 1. The zero-order chi connectivity index (χ0) is 21.4. The Morgan fingerprint density at radius 2 is 1.84 bits per heavy atom. The number of fused-ring (bicyclic) bond motifs is 2. The number of para-hydroxylation sites is 2. The fourth-order valence-corrected chi connectivity index (χ4v) is 6.19. The standard InChI is InChI=1S/C23H19N3O3S2/c27-23(24-15-22-25-19-9-2-4-11-21(19)30-22)17-7-5-8-18(14-17)31(28,29)26-13-12-16-6-1-3-10-20(16)26/h1-11,14H,12-13,15H2,(H,24,27). The third-order valence-corrected chi connectivity index (χ3v) is 8.11. The molecule has 31 heavy (non-hydrogen) atoms. The van der Waals surface area contributed by atoms with Crippen LogP contribution in [0.3, 0.4) is 0 Å².